The van der Waals surface area contributed by atoms with Crippen LogP contribution < -0.4 is 10.6 Å². The normalized spacial score (nSPS) is 18.5. The Morgan fingerprint density at radius 3 is 2.58 bits per heavy atom. The molecule has 7 heteroatoms. The molecule has 0 saturated carbocycles. The van der Waals surface area contributed by atoms with Crippen LogP contribution in [0.2, 0.25) is 0 Å². The Bertz CT molecular complexity index is 778. The quantitative estimate of drug-likeness (QED) is 0.817. The van der Waals surface area contributed by atoms with Crippen LogP contribution in [0.5, 0.6) is 0 Å². The van der Waals surface area contributed by atoms with E-state index >= 15 is 0 Å². The molecule has 0 spiro atoms. The number of halogens is 1. The lowest BCUT2D eigenvalue weighted by Gasteiger charge is -2.07. The van der Waals surface area contributed by atoms with E-state index in [1.54, 1.807) is 12.1 Å². The van der Waals surface area contributed by atoms with Crippen molar-refractivity contribution in [1.82, 2.24) is 5.32 Å². The summed E-state index contributed by atoms with van der Waals surface area (Å²) in [6.07, 6.45) is 0.102. The molecule has 5 nitrogen and oxygen atoms in total. The number of hydrogen-bond donors (Lipinski definition) is 2. The maximum atomic E-state index is 12.1. The summed E-state index contributed by atoms with van der Waals surface area (Å²) in [6, 6.07) is 16.6. The average molecular weight is 404 g/mol. The van der Waals surface area contributed by atoms with Crippen molar-refractivity contribution in [3.05, 3.63) is 59.1 Å². The van der Waals surface area contributed by atoms with Gasteiger partial charge in [0.25, 0.3) is 0 Å². The highest BCUT2D eigenvalue weighted by molar-refractivity contribution is 9.10. The molecule has 2 aromatic carbocycles. The Hall–Kier alpha value is -2.12. The SMILES string of the molecule is O=C(CC1SC(=Nc2ccc(Br)cc2)NC1=O)Nc1ccccc1. The molecular weight excluding hydrogens is 390 g/mol. The van der Waals surface area contributed by atoms with Gasteiger partial charge in [-0.1, -0.05) is 45.9 Å². The Morgan fingerprint density at radius 1 is 1.17 bits per heavy atom. The molecule has 2 N–H and O–H groups in total. The van der Waals surface area contributed by atoms with Gasteiger partial charge in [-0.15, -0.1) is 0 Å². The summed E-state index contributed by atoms with van der Waals surface area (Å²) in [5, 5.41) is 5.55. The van der Waals surface area contributed by atoms with Crippen LogP contribution in [-0.2, 0) is 9.59 Å². The standard InChI is InChI=1S/C17H14BrN3O2S/c18-11-6-8-13(9-7-11)20-17-21-16(23)14(24-17)10-15(22)19-12-4-2-1-3-5-12/h1-9,14H,10H2,(H,19,22)(H,20,21,23). The van der Waals surface area contributed by atoms with Crippen molar-refractivity contribution in [2.24, 2.45) is 4.99 Å². The Kier molecular flexibility index (Phi) is 5.32. The van der Waals surface area contributed by atoms with E-state index in [0.717, 1.165) is 15.8 Å². The highest BCUT2D eigenvalue weighted by Crippen LogP contribution is 2.26. The predicted molar refractivity (Wildman–Crippen MR) is 100 cm³/mol. The van der Waals surface area contributed by atoms with Crippen molar-refractivity contribution in [2.75, 3.05) is 5.32 Å². The third kappa shape index (κ3) is 4.46. The second kappa shape index (κ2) is 7.63. The van der Waals surface area contributed by atoms with Crippen LogP contribution in [0, 0.1) is 0 Å². The van der Waals surface area contributed by atoms with Crippen molar-refractivity contribution >= 4 is 56.0 Å². The zero-order chi connectivity index (χ0) is 16.9. The van der Waals surface area contributed by atoms with Gasteiger partial charge < -0.3 is 10.6 Å². The van der Waals surface area contributed by atoms with E-state index in [9.17, 15) is 9.59 Å². The number of amides is 2. The summed E-state index contributed by atoms with van der Waals surface area (Å²) < 4.78 is 0.963. The fraction of sp³-hybridized carbons (Fsp3) is 0.118. The van der Waals surface area contributed by atoms with Gasteiger partial charge in [0.15, 0.2) is 5.17 Å². The largest absolute Gasteiger partial charge is 0.326 e. The Morgan fingerprint density at radius 2 is 1.88 bits per heavy atom. The molecule has 24 heavy (non-hydrogen) atoms. The van der Waals surface area contributed by atoms with Crippen molar-refractivity contribution in [3.8, 4) is 0 Å². The smallest absolute Gasteiger partial charge is 0.240 e. The minimum atomic E-state index is -0.470. The predicted octanol–water partition coefficient (Wildman–Crippen LogP) is 3.70. The highest BCUT2D eigenvalue weighted by Gasteiger charge is 2.32. The first-order valence-electron chi connectivity index (χ1n) is 7.27. The zero-order valence-electron chi connectivity index (χ0n) is 12.5. The molecular formula is C17H14BrN3O2S. The van der Waals surface area contributed by atoms with E-state index in [0.29, 0.717) is 5.17 Å². The number of nitrogens with one attached hydrogen (secondary N) is 2. The van der Waals surface area contributed by atoms with Crippen molar-refractivity contribution < 1.29 is 9.59 Å². The number of thioether (sulfide) groups is 1. The van der Waals surface area contributed by atoms with E-state index in [1.165, 1.54) is 11.8 Å². The summed E-state index contributed by atoms with van der Waals surface area (Å²) in [5.41, 5.74) is 1.46. The third-order valence-corrected chi connectivity index (χ3v) is 4.87. The average Bonchev–Trinajstić information content (AvgIpc) is 2.90. The number of carbonyl (C=O) groups excluding carboxylic acids is 2. The number of para-hydroxylation sites is 1. The number of carbonyl (C=O) groups is 2. The molecule has 1 aliphatic heterocycles. The minimum absolute atomic E-state index is 0.102. The van der Waals surface area contributed by atoms with Gasteiger partial charge in [0.05, 0.1) is 5.69 Å². The summed E-state index contributed by atoms with van der Waals surface area (Å²) >= 11 is 4.64. The summed E-state index contributed by atoms with van der Waals surface area (Å²) in [5.74, 6) is -0.391. The molecule has 1 unspecified atom stereocenters. The topological polar surface area (TPSA) is 70.6 Å². The number of amidine groups is 1. The second-order valence-corrected chi connectivity index (χ2v) is 7.21. The van der Waals surface area contributed by atoms with Gasteiger partial charge in [-0.25, -0.2) is 4.99 Å². The van der Waals surface area contributed by atoms with E-state index < -0.39 is 5.25 Å². The Balaban J connectivity index is 1.60. The van der Waals surface area contributed by atoms with Gasteiger partial charge in [-0.3, -0.25) is 9.59 Å². The molecule has 3 rings (SSSR count). The van der Waals surface area contributed by atoms with E-state index in [-0.39, 0.29) is 18.2 Å². The van der Waals surface area contributed by atoms with Gasteiger partial charge in [-0.05, 0) is 36.4 Å². The molecule has 2 aromatic rings. The molecule has 122 valence electrons. The van der Waals surface area contributed by atoms with E-state index in [2.05, 4.69) is 31.6 Å². The summed E-state index contributed by atoms with van der Waals surface area (Å²) in [7, 11) is 0. The number of anilines is 1. The van der Waals surface area contributed by atoms with Crippen molar-refractivity contribution in [1.29, 1.82) is 0 Å². The number of rotatable bonds is 4. The van der Waals surface area contributed by atoms with Crippen LogP contribution in [-0.4, -0.2) is 22.2 Å². The number of hydrogen-bond acceptors (Lipinski definition) is 4. The van der Waals surface area contributed by atoms with Gasteiger partial charge in [0, 0.05) is 16.6 Å². The maximum Gasteiger partial charge on any atom is 0.240 e. The van der Waals surface area contributed by atoms with Gasteiger partial charge in [-0.2, -0.15) is 0 Å². The molecule has 1 aliphatic rings. The monoisotopic (exact) mass is 403 g/mol. The molecule has 0 bridgehead atoms. The molecule has 1 fully saturated rings. The fourth-order valence-electron chi connectivity index (χ4n) is 2.13. The third-order valence-electron chi connectivity index (χ3n) is 3.26. The molecule has 1 atom stereocenters. The number of aliphatic imine (C=N–C) groups is 1. The first kappa shape index (κ1) is 16.7. The van der Waals surface area contributed by atoms with E-state index in [4.69, 9.17) is 0 Å². The second-order valence-electron chi connectivity index (χ2n) is 5.11. The summed E-state index contributed by atoms with van der Waals surface area (Å²) in [4.78, 5) is 28.5. The molecule has 2 amide bonds. The zero-order valence-corrected chi connectivity index (χ0v) is 14.9. The lowest BCUT2D eigenvalue weighted by molar-refractivity contribution is -0.122. The first-order chi connectivity index (χ1) is 11.6. The minimum Gasteiger partial charge on any atom is -0.326 e. The highest BCUT2D eigenvalue weighted by atomic mass is 79.9. The lowest BCUT2D eigenvalue weighted by Crippen LogP contribution is -2.28. The van der Waals surface area contributed by atoms with Gasteiger partial charge in [0.2, 0.25) is 11.8 Å². The molecule has 1 heterocycles. The first-order valence-corrected chi connectivity index (χ1v) is 8.94. The number of nitrogens with zero attached hydrogens (tertiary/aromatic N) is 1. The fourth-order valence-corrected chi connectivity index (χ4v) is 3.38. The van der Waals surface area contributed by atoms with Crippen LogP contribution in [0.1, 0.15) is 6.42 Å². The van der Waals surface area contributed by atoms with Gasteiger partial charge in [0.1, 0.15) is 5.25 Å². The van der Waals surface area contributed by atoms with Crippen LogP contribution in [0.25, 0.3) is 0 Å². The van der Waals surface area contributed by atoms with Crippen LogP contribution in [0.4, 0.5) is 11.4 Å². The van der Waals surface area contributed by atoms with Gasteiger partial charge >= 0.3 is 0 Å². The van der Waals surface area contributed by atoms with E-state index in [1.807, 2.05) is 42.5 Å². The maximum absolute atomic E-state index is 12.1. The van der Waals surface area contributed by atoms with Crippen LogP contribution in [0.3, 0.4) is 0 Å². The molecule has 0 radical (unpaired) electrons. The molecule has 0 aliphatic carbocycles. The molecule has 0 aromatic heterocycles. The Labute approximate surface area is 152 Å². The summed E-state index contributed by atoms with van der Waals surface area (Å²) in [6.45, 7) is 0. The molecule has 1 saturated heterocycles. The van der Waals surface area contributed by atoms with Crippen LogP contribution >= 0.6 is 27.7 Å². The van der Waals surface area contributed by atoms with Crippen molar-refractivity contribution in [3.63, 3.8) is 0 Å². The van der Waals surface area contributed by atoms with Crippen molar-refractivity contribution in [2.45, 2.75) is 11.7 Å². The lowest BCUT2D eigenvalue weighted by atomic mass is 10.2. The number of benzene rings is 2. The van der Waals surface area contributed by atoms with Crippen LogP contribution in [0.15, 0.2) is 64.1 Å².